The lowest BCUT2D eigenvalue weighted by Gasteiger charge is -2.16. The largest absolute Gasteiger partial charge is 0.271 e. The van der Waals surface area contributed by atoms with Crippen molar-refractivity contribution in [3.05, 3.63) is 46.5 Å². The Hall–Kier alpha value is -1.24. The highest BCUT2D eigenvalue weighted by Gasteiger charge is 2.19. The predicted molar refractivity (Wildman–Crippen MR) is 64.3 cm³/mol. The Labute approximate surface area is 102 Å². The van der Waals surface area contributed by atoms with Gasteiger partial charge in [-0.3, -0.25) is 15.5 Å². The molecule has 5 nitrogen and oxygen atoms in total. The van der Waals surface area contributed by atoms with Crippen LogP contribution in [0.4, 0.5) is 0 Å². The van der Waals surface area contributed by atoms with Crippen LogP contribution in [0.25, 0.3) is 0 Å². The highest BCUT2D eigenvalue weighted by molar-refractivity contribution is 9.10. The first-order chi connectivity index (χ1) is 7.74. The van der Waals surface area contributed by atoms with Gasteiger partial charge in [0, 0.05) is 23.9 Å². The molecule has 0 saturated carbocycles. The number of rotatable bonds is 3. The Balaban J connectivity index is 2.45. The summed E-state index contributed by atoms with van der Waals surface area (Å²) in [6.07, 6.45) is 3.47. The van der Waals surface area contributed by atoms with Gasteiger partial charge in [-0.1, -0.05) is 0 Å². The van der Waals surface area contributed by atoms with Crippen molar-refractivity contribution in [2.45, 2.75) is 6.04 Å². The van der Waals surface area contributed by atoms with Crippen LogP contribution in [0.5, 0.6) is 0 Å². The first kappa shape index (κ1) is 11.3. The molecule has 16 heavy (non-hydrogen) atoms. The van der Waals surface area contributed by atoms with Gasteiger partial charge in [0.2, 0.25) is 0 Å². The molecule has 0 aliphatic carbocycles. The number of hydrogen-bond donors (Lipinski definition) is 2. The summed E-state index contributed by atoms with van der Waals surface area (Å²) in [5.74, 6) is 5.58. The van der Waals surface area contributed by atoms with Gasteiger partial charge in [0.05, 0.1) is 11.4 Å². The Morgan fingerprint density at radius 2 is 2.25 bits per heavy atom. The number of aryl methyl sites for hydroxylation is 1. The van der Waals surface area contributed by atoms with Crippen molar-refractivity contribution in [2.75, 3.05) is 0 Å². The minimum absolute atomic E-state index is 0.178. The van der Waals surface area contributed by atoms with Crippen molar-refractivity contribution in [2.24, 2.45) is 12.9 Å². The number of nitrogens with one attached hydrogen (secondary N) is 1. The molecule has 6 heteroatoms. The molecule has 2 rings (SSSR count). The highest BCUT2D eigenvalue weighted by Crippen LogP contribution is 2.25. The lowest BCUT2D eigenvalue weighted by Crippen LogP contribution is -2.31. The summed E-state index contributed by atoms with van der Waals surface area (Å²) < 4.78 is 2.69. The molecular weight excluding hydrogens is 270 g/mol. The van der Waals surface area contributed by atoms with Crippen molar-refractivity contribution in [3.63, 3.8) is 0 Å². The quantitative estimate of drug-likeness (QED) is 0.654. The molecule has 0 fully saturated rings. The van der Waals surface area contributed by atoms with Crippen molar-refractivity contribution >= 4 is 15.9 Å². The van der Waals surface area contributed by atoms with Gasteiger partial charge in [-0.05, 0) is 34.1 Å². The smallest absolute Gasteiger partial charge is 0.106 e. The van der Waals surface area contributed by atoms with E-state index in [1.54, 1.807) is 17.1 Å². The van der Waals surface area contributed by atoms with Gasteiger partial charge < -0.3 is 0 Å². The summed E-state index contributed by atoms with van der Waals surface area (Å²) in [5.41, 5.74) is 4.55. The van der Waals surface area contributed by atoms with Crippen molar-refractivity contribution in [1.29, 1.82) is 0 Å². The van der Waals surface area contributed by atoms with Crippen LogP contribution < -0.4 is 11.3 Å². The molecule has 0 aliphatic rings. The number of nitrogens with zero attached hydrogens (tertiary/aromatic N) is 3. The van der Waals surface area contributed by atoms with E-state index in [1.165, 1.54) is 0 Å². The molecule has 3 N–H and O–H groups in total. The lowest BCUT2D eigenvalue weighted by atomic mass is 10.1. The minimum Gasteiger partial charge on any atom is -0.271 e. The van der Waals surface area contributed by atoms with Crippen LogP contribution in [0.3, 0.4) is 0 Å². The van der Waals surface area contributed by atoms with E-state index >= 15 is 0 Å². The normalized spacial score (nSPS) is 12.7. The van der Waals surface area contributed by atoms with Crippen LogP contribution in [-0.4, -0.2) is 14.8 Å². The SMILES string of the molecule is Cn1nccc1C(NN)c1ncccc1Br. The van der Waals surface area contributed by atoms with Gasteiger partial charge in [0.15, 0.2) is 0 Å². The van der Waals surface area contributed by atoms with Gasteiger partial charge >= 0.3 is 0 Å². The number of pyridine rings is 1. The average molecular weight is 282 g/mol. The molecule has 0 saturated heterocycles. The fourth-order valence-electron chi connectivity index (χ4n) is 1.58. The van der Waals surface area contributed by atoms with Crippen LogP contribution >= 0.6 is 15.9 Å². The molecule has 0 bridgehead atoms. The Kier molecular flexibility index (Phi) is 3.33. The monoisotopic (exact) mass is 281 g/mol. The Morgan fingerprint density at radius 1 is 1.44 bits per heavy atom. The Morgan fingerprint density at radius 3 is 2.81 bits per heavy atom. The second-order valence-corrected chi connectivity index (χ2v) is 4.20. The summed E-state index contributed by atoms with van der Waals surface area (Å²) in [4.78, 5) is 4.32. The number of hydrogen-bond acceptors (Lipinski definition) is 4. The Bertz CT molecular complexity index is 482. The van der Waals surface area contributed by atoms with Crippen LogP contribution in [0.1, 0.15) is 17.4 Å². The molecular formula is C10H12BrN5. The average Bonchev–Trinajstić information content (AvgIpc) is 2.69. The molecule has 2 aromatic heterocycles. The molecule has 0 spiro atoms. The molecule has 0 aromatic carbocycles. The first-order valence-corrected chi connectivity index (χ1v) is 5.57. The minimum atomic E-state index is -0.178. The van der Waals surface area contributed by atoms with Gasteiger partial charge in [-0.25, -0.2) is 5.43 Å². The lowest BCUT2D eigenvalue weighted by molar-refractivity contribution is 0.562. The topological polar surface area (TPSA) is 68.8 Å². The third kappa shape index (κ3) is 1.99. The number of halogens is 1. The summed E-state index contributed by atoms with van der Waals surface area (Å²) in [6.45, 7) is 0. The van der Waals surface area contributed by atoms with Gasteiger partial charge in [-0.2, -0.15) is 5.10 Å². The van der Waals surface area contributed by atoms with Crippen molar-refractivity contribution < 1.29 is 0 Å². The van der Waals surface area contributed by atoms with E-state index in [-0.39, 0.29) is 6.04 Å². The van der Waals surface area contributed by atoms with Crippen molar-refractivity contribution in [1.82, 2.24) is 20.2 Å². The van der Waals surface area contributed by atoms with E-state index in [0.29, 0.717) is 0 Å². The third-order valence-corrected chi connectivity index (χ3v) is 3.05. The van der Waals surface area contributed by atoms with Gasteiger partial charge in [0.25, 0.3) is 0 Å². The summed E-state index contributed by atoms with van der Waals surface area (Å²) in [6, 6.07) is 5.53. The number of nitrogens with two attached hydrogens (primary N) is 1. The zero-order valence-corrected chi connectivity index (χ0v) is 10.3. The maximum atomic E-state index is 5.58. The fourth-order valence-corrected chi connectivity index (χ4v) is 2.07. The van der Waals surface area contributed by atoms with E-state index in [2.05, 4.69) is 31.4 Å². The predicted octanol–water partition coefficient (Wildman–Crippen LogP) is 1.13. The molecule has 84 valence electrons. The third-order valence-electron chi connectivity index (χ3n) is 2.38. The van der Waals surface area contributed by atoms with E-state index < -0.39 is 0 Å². The summed E-state index contributed by atoms with van der Waals surface area (Å²) >= 11 is 3.46. The van der Waals surface area contributed by atoms with Crippen LogP contribution in [0.15, 0.2) is 35.1 Å². The molecule has 0 aliphatic heterocycles. The van der Waals surface area contributed by atoms with Crippen LogP contribution in [-0.2, 0) is 7.05 Å². The fraction of sp³-hybridized carbons (Fsp3) is 0.200. The van der Waals surface area contributed by atoms with Gasteiger partial charge in [-0.15, -0.1) is 0 Å². The number of hydrazine groups is 1. The second kappa shape index (κ2) is 4.73. The molecule has 2 aromatic rings. The van der Waals surface area contributed by atoms with E-state index in [4.69, 9.17) is 5.84 Å². The van der Waals surface area contributed by atoms with E-state index in [1.807, 2.05) is 25.2 Å². The second-order valence-electron chi connectivity index (χ2n) is 3.35. The molecule has 2 heterocycles. The zero-order chi connectivity index (χ0) is 11.5. The summed E-state index contributed by atoms with van der Waals surface area (Å²) in [7, 11) is 1.87. The van der Waals surface area contributed by atoms with Gasteiger partial charge in [0.1, 0.15) is 6.04 Å². The summed E-state index contributed by atoms with van der Waals surface area (Å²) in [5, 5.41) is 4.12. The molecule has 1 unspecified atom stereocenters. The maximum Gasteiger partial charge on any atom is 0.106 e. The van der Waals surface area contributed by atoms with Crippen LogP contribution in [0.2, 0.25) is 0 Å². The van der Waals surface area contributed by atoms with Crippen LogP contribution in [0, 0.1) is 0 Å². The molecule has 0 amide bonds. The number of aromatic nitrogens is 3. The van der Waals surface area contributed by atoms with E-state index in [0.717, 1.165) is 15.9 Å². The highest BCUT2D eigenvalue weighted by atomic mass is 79.9. The molecule has 1 atom stereocenters. The molecule has 0 radical (unpaired) electrons. The zero-order valence-electron chi connectivity index (χ0n) is 8.76. The standard InChI is InChI=1S/C10H12BrN5/c1-16-8(4-6-14-16)10(15-12)9-7(11)3-2-5-13-9/h2-6,10,15H,12H2,1H3. The maximum absolute atomic E-state index is 5.58. The first-order valence-electron chi connectivity index (χ1n) is 4.78. The van der Waals surface area contributed by atoms with Crippen molar-refractivity contribution in [3.8, 4) is 0 Å². The van der Waals surface area contributed by atoms with E-state index in [9.17, 15) is 0 Å².